The maximum Gasteiger partial charge on any atom is 0.472 e. The van der Waals surface area contributed by atoms with Crippen molar-refractivity contribution in [2.75, 3.05) is 19.8 Å². The van der Waals surface area contributed by atoms with E-state index in [0.717, 1.165) is 109 Å². The summed E-state index contributed by atoms with van der Waals surface area (Å²) in [6, 6.07) is -1.56. The van der Waals surface area contributed by atoms with Gasteiger partial charge in [-0.1, -0.05) is 195 Å². The lowest BCUT2D eigenvalue weighted by atomic mass is 10.1. The van der Waals surface area contributed by atoms with Crippen molar-refractivity contribution in [1.29, 1.82) is 0 Å². The van der Waals surface area contributed by atoms with Crippen LogP contribution in [0.5, 0.6) is 0 Å². The summed E-state index contributed by atoms with van der Waals surface area (Å²) < 4.78 is 27.0. The predicted molar refractivity (Wildman–Crippen MR) is 281 cm³/mol. The first kappa shape index (κ1) is 64.4. The van der Waals surface area contributed by atoms with Crippen molar-refractivity contribution >= 4 is 25.7 Å². The number of aliphatic hydroxyl groups is 1. The smallest absolute Gasteiger partial charge is 0.472 e. The van der Waals surface area contributed by atoms with E-state index in [-0.39, 0.29) is 12.8 Å². The molecule has 0 radical (unpaired) electrons. The molecule has 4 N–H and O–H groups in total. The number of carboxylic acids is 1. The van der Waals surface area contributed by atoms with Crippen LogP contribution in [-0.4, -0.2) is 64.9 Å². The third-order valence-corrected chi connectivity index (χ3v) is 11.8. The lowest BCUT2D eigenvalue weighted by Gasteiger charge is -2.18. The van der Waals surface area contributed by atoms with Gasteiger partial charge in [-0.2, -0.15) is 0 Å². The molecule has 11 nitrogen and oxygen atoms in total. The summed E-state index contributed by atoms with van der Waals surface area (Å²) in [7, 11) is -4.78. The number of phosphoric ester groups is 1. The van der Waals surface area contributed by atoms with Crippen LogP contribution in [0.25, 0.3) is 0 Å². The number of ether oxygens (including phenoxy) is 1. The molecule has 388 valence electrons. The summed E-state index contributed by atoms with van der Waals surface area (Å²) >= 11 is 0. The molecule has 0 aliphatic heterocycles. The Morgan fingerprint density at radius 3 is 1.28 bits per heavy atom. The first-order chi connectivity index (χ1) is 33.1. The third-order valence-electron chi connectivity index (χ3n) is 10.9. The molecule has 0 aromatic rings. The van der Waals surface area contributed by atoms with Gasteiger partial charge in [-0.15, -0.1) is 0 Å². The van der Waals surface area contributed by atoms with Crippen molar-refractivity contribution in [1.82, 2.24) is 5.32 Å². The number of nitrogens with one attached hydrogen (secondary N) is 1. The molecule has 0 spiro atoms. The van der Waals surface area contributed by atoms with Gasteiger partial charge in [0.05, 0.1) is 13.2 Å². The molecule has 0 aliphatic carbocycles. The molecular weight excluding hydrogens is 878 g/mol. The van der Waals surface area contributed by atoms with Gasteiger partial charge in [0.2, 0.25) is 5.91 Å². The number of phosphoric acid groups is 1. The van der Waals surface area contributed by atoms with E-state index in [2.05, 4.69) is 116 Å². The molecule has 68 heavy (non-hydrogen) atoms. The quantitative estimate of drug-likeness (QED) is 0.0199. The number of hydrogen-bond donors (Lipinski definition) is 4. The van der Waals surface area contributed by atoms with Crippen molar-refractivity contribution < 1.29 is 47.8 Å². The topological polar surface area (TPSA) is 169 Å². The Morgan fingerprint density at radius 2 is 0.853 bits per heavy atom. The highest BCUT2D eigenvalue weighted by Gasteiger charge is 2.28. The Balaban J connectivity index is 3.87. The fourth-order valence-corrected chi connectivity index (χ4v) is 7.59. The van der Waals surface area contributed by atoms with Crippen LogP contribution < -0.4 is 5.32 Å². The van der Waals surface area contributed by atoms with E-state index in [0.29, 0.717) is 12.8 Å². The summed E-state index contributed by atoms with van der Waals surface area (Å²) in [5, 5.41) is 21.9. The first-order valence-electron chi connectivity index (χ1n) is 26.3. The molecule has 0 saturated heterocycles. The van der Waals surface area contributed by atoms with Crippen molar-refractivity contribution in [3.05, 3.63) is 97.2 Å². The summed E-state index contributed by atoms with van der Waals surface area (Å²) in [5.41, 5.74) is 0. The Kier molecular flexibility index (Phi) is 47.2. The summed E-state index contributed by atoms with van der Waals surface area (Å²) in [4.78, 5) is 46.2. The number of hydrogen-bond acceptors (Lipinski definition) is 8. The standard InChI is InChI=1S/C56H94NO10P/c1-3-5-7-9-11-13-15-17-19-21-23-25-26-28-30-32-34-36-38-40-42-44-46-48-55(60)65-49-52(58)50-66-68(63,64)67-51-53(56(61)62)57-54(59)47-45-43-41-39-37-35-33-31-29-27-24-22-20-18-16-14-12-10-8-6-4-2/h5,7,11-14,17-20,23-25,27-28,30,52-53,58H,3-4,6,8-10,15-16,21-22,26,29,31-51H2,1-2H3,(H,57,59)(H,61,62)(H,63,64)/b7-5-,13-11-,14-12-,19-17-,20-18-,25-23-,27-24-,30-28-. The zero-order chi connectivity index (χ0) is 49.9. The summed E-state index contributed by atoms with van der Waals surface area (Å²) in [5.74, 6) is -2.40. The highest BCUT2D eigenvalue weighted by atomic mass is 31.2. The molecule has 0 aromatic heterocycles. The minimum atomic E-state index is -4.78. The SMILES string of the molecule is CC/C=C\C/C=C\C/C=C\C/C=C\C/C=C\CCCCCCCCCC(=O)OCC(O)COP(=O)(O)OCC(NC(=O)CCCCCCCCCC/C=C\C/C=C\C/C=C\CCCCC)C(=O)O. The van der Waals surface area contributed by atoms with Crippen LogP contribution in [-0.2, 0) is 32.7 Å². The molecule has 3 unspecified atom stereocenters. The number of aliphatic carboxylic acids is 1. The van der Waals surface area contributed by atoms with Crippen LogP contribution in [0.3, 0.4) is 0 Å². The van der Waals surface area contributed by atoms with E-state index >= 15 is 0 Å². The molecule has 0 heterocycles. The first-order valence-corrected chi connectivity index (χ1v) is 27.8. The molecular formula is C56H94NO10P. The number of aliphatic hydroxyl groups excluding tert-OH is 1. The third kappa shape index (κ3) is 48.8. The molecule has 0 aromatic carbocycles. The molecule has 0 fully saturated rings. The Labute approximate surface area is 413 Å². The Hall–Kier alpha value is -3.60. The second kappa shape index (κ2) is 49.8. The predicted octanol–water partition coefficient (Wildman–Crippen LogP) is 14.8. The second-order valence-corrected chi connectivity index (χ2v) is 18.8. The van der Waals surface area contributed by atoms with Gasteiger partial charge < -0.3 is 25.2 Å². The van der Waals surface area contributed by atoms with Crippen molar-refractivity contribution in [2.45, 2.75) is 219 Å². The maximum absolute atomic E-state index is 12.4. The highest BCUT2D eigenvalue weighted by molar-refractivity contribution is 7.47. The molecule has 3 atom stereocenters. The van der Waals surface area contributed by atoms with Gasteiger partial charge in [0.25, 0.3) is 0 Å². The van der Waals surface area contributed by atoms with Crippen molar-refractivity contribution in [3.8, 4) is 0 Å². The van der Waals surface area contributed by atoms with E-state index < -0.39 is 57.6 Å². The number of esters is 1. The van der Waals surface area contributed by atoms with Gasteiger partial charge in [-0.3, -0.25) is 18.6 Å². The van der Waals surface area contributed by atoms with Crippen LogP contribution in [0, 0.1) is 0 Å². The van der Waals surface area contributed by atoms with E-state index in [4.69, 9.17) is 13.8 Å². The number of unbranched alkanes of at least 4 members (excludes halogenated alkanes) is 18. The zero-order valence-corrected chi connectivity index (χ0v) is 43.3. The van der Waals surface area contributed by atoms with Crippen LogP contribution in [0.1, 0.15) is 206 Å². The molecule has 0 saturated carbocycles. The van der Waals surface area contributed by atoms with Crippen LogP contribution in [0.2, 0.25) is 0 Å². The summed E-state index contributed by atoms with van der Waals surface area (Å²) in [6.07, 6.45) is 64.2. The number of carbonyl (C=O) groups is 3. The molecule has 1 amide bonds. The average molecular weight is 972 g/mol. The lowest BCUT2D eigenvalue weighted by molar-refractivity contribution is -0.147. The Bertz CT molecular complexity index is 1510. The minimum absolute atomic E-state index is 0.132. The summed E-state index contributed by atoms with van der Waals surface area (Å²) in [6.45, 7) is 2.45. The van der Waals surface area contributed by atoms with Crippen LogP contribution in [0.15, 0.2) is 97.2 Å². The largest absolute Gasteiger partial charge is 0.480 e. The average Bonchev–Trinajstić information content (AvgIpc) is 3.32. The number of amides is 1. The van der Waals surface area contributed by atoms with Gasteiger partial charge in [-0.25, -0.2) is 9.36 Å². The maximum atomic E-state index is 12.4. The second-order valence-electron chi connectivity index (χ2n) is 17.3. The van der Waals surface area contributed by atoms with Gasteiger partial charge in [0.15, 0.2) is 6.04 Å². The van der Waals surface area contributed by atoms with Gasteiger partial charge in [0, 0.05) is 12.8 Å². The van der Waals surface area contributed by atoms with E-state index in [9.17, 15) is 34.1 Å². The minimum Gasteiger partial charge on any atom is -0.480 e. The fourth-order valence-electron chi connectivity index (χ4n) is 6.82. The van der Waals surface area contributed by atoms with Gasteiger partial charge in [0.1, 0.15) is 12.7 Å². The van der Waals surface area contributed by atoms with Crippen LogP contribution in [0.4, 0.5) is 0 Å². The molecule has 0 rings (SSSR count). The van der Waals surface area contributed by atoms with Gasteiger partial charge in [-0.05, 0) is 96.3 Å². The number of rotatable bonds is 48. The van der Waals surface area contributed by atoms with E-state index in [1.807, 2.05) is 0 Å². The van der Waals surface area contributed by atoms with E-state index in [1.54, 1.807) is 0 Å². The lowest BCUT2D eigenvalue weighted by Crippen LogP contribution is -2.43. The number of carbonyl (C=O) groups excluding carboxylic acids is 2. The van der Waals surface area contributed by atoms with Crippen LogP contribution >= 0.6 is 7.82 Å². The molecule has 0 aliphatic rings. The van der Waals surface area contributed by atoms with Crippen molar-refractivity contribution in [3.63, 3.8) is 0 Å². The Morgan fingerprint density at radius 1 is 0.485 bits per heavy atom. The number of carboxylic acid groups (broad SMARTS) is 1. The molecule has 0 bridgehead atoms. The number of allylic oxidation sites excluding steroid dienone is 16. The van der Waals surface area contributed by atoms with E-state index in [1.165, 1.54) is 57.8 Å². The highest BCUT2D eigenvalue weighted by Crippen LogP contribution is 2.43. The molecule has 12 heteroatoms. The monoisotopic (exact) mass is 972 g/mol. The van der Waals surface area contributed by atoms with Crippen molar-refractivity contribution in [2.24, 2.45) is 0 Å². The van der Waals surface area contributed by atoms with Gasteiger partial charge >= 0.3 is 19.8 Å². The fraction of sp³-hybridized carbons (Fsp3) is 0.661. The normalized spacial score (nSPS) is 14.3. The zero-order valence-electron chi connectivity index (χ0n) is 42.4.